The fourth-order valence-electron chi connectivity index (χ4n) is 4.43. The second-order valence-corrected chi connectivity index (χ2v) is 7.22. The molecule has 140 valence electrons. The molecule has 4 fully saturated rings. The van der Waals surface area contributed by atoms with Crippen LogP contribution in [0.1, 0.15) is 19.8 Å². The standard InChI is InChI=1S/C17H34N6.HI/c1-4-22-7-5-6-15(22)13-20(3)17(18-2)19-12-16-14-21-8-10-23(16)11-9-21;/h15-16H,4-14H2,1-3H3,(H,18,19);1H. The van der Waals surface area contributed by atoms with Gasteiger partial charge in [0.2, 0.25) is 0 Å². The van der Waals surface area contributed by atoms with E-state index in [2.05, 4.69) is 43.9 Å². The topological polar surface area (TPSA) is 37.4 Å². The zero-order chi connectivity index (χ0) is 16.2. The zero-order valence-corrected chi connectivity index (χ0v) is 17.9. The molecule has 6 nitrogen and oxygen atoms in total. The third-order valence-corrected chi connectivity index (χ3v) is 5.85. The van der Waals surface area contributed by atoms with Gasteiger partial charge in [-0.15, -0.1) is 24.0 Å². The lowest BCUT2D eigenvalue weighted by molar-refractivity contribution is 0.0152. The Morgan fingerprint density at radius 1 is 1.17 bits per heavy atom. The number of fused-ring (bicyclic) bond motifs is 3. The van der Waals surface area contributed by atoms with Crippen molar-refractivity contribution >= 4 is 29.9 Å². The van der Waals surface area contributed by atoms with Gasteiger partial charge in [0.25, 0.3) is 0 Å². The Balaban J connectivity index is 0.00000208. The lowest BCUT2D eigenvalue weighted by Crippen LogP contribution is -2.64. The molecule has 24 heavy (non-hydrogen) atoms. The number of halogens is 1. The van der Waals surface area contributed by atoms with Gasteiger partial charge in [0, 0.05) is 72.0 Å². The van der Waals surface area contributed by atoms with E-state index in [1.165, 1.54) is 52.1 Å². The number of hydrogen-bond acceptors (Lipinski definition) is 4. The Morgan fingerprint density at radius 2 is 1.92 bits per heavy atom. The maximum absolute atomic E-state index is 4.51. The van der Waals surface area contributed by atoms with E-state index in [1.807, 2.05) is 7.05 Å². The highest BCUT2D eigenvalue weighted by Crippen LogP contribution is 2.17. The van der Waals surface area contributed by atoms with Crippen LogP contribution in [0.3, 0.4) is 0 Å². The highest BCUT2D eigenvalue weighted by Gasteiger charge is 2.32. The highest BCUT2D eigenvalue weighted by molar-refractivity contribution is 14.0. The zero-order valence-electron chi connectivity index (χ0n) is 15.6. The van der Waals surface area contributed by atoms with E-state index in [9.17, 15) is 0 Å². The molecule has 2 atom stereocenters. The van der Waals surface area contributed by atoms with Crippen molar-refractivity contribution in [3.8, 4) is 0 Å². The smallest absolute Gasteiger partial charge is 0.193 e. The molecule has 2 bridgehead atoms. The summed E-state index contributed by atoms with van der Waals surface area (Å²) in [5, 5.41) is 3.62. The molecule has 4 rings (SSSR count). The third-order valence-electron chi connectivity index (χ3n) is 5.85. The van der Waals surface area contributed by atoms with Crippen LogP contribution in [0.4, 0.5) is 0 Å². The molecule has 0 aromatic carbocycles. The lowest BCUT2D eigenvalue weighted by atomic mass is 10.1. The summed E-state index contributed by atoms with van der Waals surface area (Å²) < 4.78 is 0. The summed E-state index contributed by atoms with van der Waals surface area (Å²) >= 11 is 0. The molecule has 0 aromatic heterocycles. The Labute approximate surface area is 164 Å². The normalized spacial score (nSPS) is 33.4. The summed E-state index contributed by atoms with van der Waals surface area (Å²) in [4.78, 5) is 14.7. The van der Waals surface area contributed by atoms with E-state index in [4.69, 9.17) is 0 Å². The van der Waals surface area contributed by atoms with Crippen LogP contribution in [0.15, 0.2) is 4.99 Å². The number of likely N-dealkylation sites (N-methyl/N-ethyl adjacent to an activating group) is 2. The minimum absolute atomic E-state index is 0. The van der Waals surface area contributed by atoms with Crippen LogP contribution in [-0.2, 0) is 0 Å². The summed E-state index contributed by atoms with van der Waals surface area (Å²) in [5.74, 6) is 1.05. The van der Waals surface area contributed by atoms with E-state index in [-0.39, 0.29) is 24.0 Å². The number of nitrogens with one attached hydrogen (secondary N) is 1. The van der Waals surface area contributed by atoms with Crippen LogP contribution in [0.5, 0.6) is 0 Å². The van der Waals surface area contributed by atoms with E-state index in [0.717, 1.165) is 25.6 Å². The first-order valence-corrected chi connectivity index (χ1v) is 9.33. The van der Waals surface area contributed by atoms with E-state index in [1.54, 1.807) is 0 Å². The van der Waals surface area contributed by atoms with Crippen LogP contribution in [-0.4, -0.2) is 111 Å². The quantitative estimate of drug-likeness (QED) is 0.377. The summed E-state index contributed by atoms with van der Waals surface area (Å²) in [6, 6.07) is 1.32. The van der Waals surface area contributed by atoms with Crippen LogP contribution >= 0.6 is 24.0 Å². The molecule has 1 N–H and O–H groups in total. The maximum atomic E-state index is 4.51. The van der Waals surface area contributed by atoms with Crippen molar-refractivity contribution in [1.29, 1.82) is 0 Å². The molecule has 4 heterocycles. The molecular weight excluding hydrogens is 415 g/mol. The molecule has 0 aromatic rings. The van der Waals surface area contributed by atoms with Crippen molar-refractivity contribution in [2.75, 3.05) is 73.0 Å². The molecule has 7 heteroatoms. The van der Waals surface area contributed by atoms with Crippen molar-refractivity contribution in [1.82, 2.24) is 24.9 Å². The molecular formula is C17H35IN6. The number of hydrogen-bond donors (Lipinski definition) is 1. The Kier molecular flexibility index (Phi) is 8.03. The van der Waals surface area contributed by atoms with Gasteiger partial charge in [-0.05, 0) is 25.9 Å². The van der Waals surface area contributed by atoms with Crippen molar-refractivity contribution in [2.24, 2.45) is 4.99 Å². The molecule has 4 saturated heterocycles. The first-order chi connectivity index (χ1) is 11.2. The lowest BCUT2D eigenvalue weighted by Gasteiger charge is -2.47. The van der Waals surface area contributed by atoms with Gasteiger partial charge in [-0.3, -0.25) is 19.7 Å². The molecule has 4 aliphatic rings. The van der Waals surface area contributed by atoms with Gasteiger partial charge in [-0.25, -0.2) is 0 Å². The third kappa shape index (κ3) is 4.74. The summed E-state index contributed by atoms with van der Waals surface area (Å²) in [6.07, 6.45) is 2.66. The fraction of sp³-hybridized carbons (Fsp3) is 0.941. The second-order valence-electron chi connectivity index (χ2n) is 7.22. The van der Waals surface area contributed by atoms with E-state index < -0.39 is 0 Å². The Morgan fingerprint density at radius 3 is 2.50 bits per heavy atom. The molecule has 0 saturated carbocycles. The van der Waals surface area contributed by atoms with Crippen LogP contribution in [0.2, 0.25) is 0 Å². The number of rotatable bonds is 5. The number of piperazine rings is 3. The van der Waals surface area contributed by atoms with Gasteiger partial charge in [0.1, 0.15) is 0 Å². The number of guanidine groups is 1. The fourth-order valence-corrected chi connectivity index (χ4v) is 4.43. The predicted octanol–water partition coefficient (Wildman–Crippen LogP) is 0.596. The molecule has 0 radical (unpaired) electrons. The minimum atomic E-state index is 0. The number of likely N-dealkylation sites (tertiary alicyclic amines) is 1. The SMILES string of the molecule is CCN1CCCC1CN(C)C(=NC)NCC1CN2CCN1CC2.I. The van der Waals surface area contributed by atoms with Crippen LogP contribution in [0, 0.1) is 0 Å². The molecule has 0 spiro atoms. The van der Waals surface area contributed by atoms with Crippen LogP contribution in [0.25, 0.3) is 0 Å². The minimum Gasteiger partial charge on any atom is -0.355 e. The second kappa shape index (κ2) is 9.54. The Hall–Kier alpha value is -0.120. The highest BCUT2D eigenvalue weighted by atomic mass is 127. The van der Waals surface area contributed by atoms with Crippen molar-refractivity contribution in [3.05, 3.63) is 0 Å². The van der Waals surface area contributed by atoms with E-state index in [0.29, 0.717) is 12.1 Å². The van der Waals surface area contributed by atoms with E-state index >= 15 is 0 Å². The molecule has 0 amide bonds. The number of nitrogens with zero attached hydrogens (tertiary/aromatic N) is 5. The van der Waals surface area contributed by atoms with Crippen LogP contribution < -0.4 is 5.32 Å². The van der Waals surface area contributed by atoms with Crippen molar-refractivity contribution in [2.45, 2.75) is 31.8 Å². The predicted molar refractivity (Wildman–Crippen MR) is 111 cm³/mol. The first kappa shape index (κ1) is 20.2. The molecule has 0 aliphatic carbocycles. The molecule has 4 aliphatic heterocycles. The van der Waals surface area contributed by atoms with Gasteiger partial charge >= 0.3 is 0 Å². The van der Waals surface area contributed by atoms with Gasteiger partial charge in [-0.1, -0.05) is 6.92 Å². The number of aliphatic imine (C=N–C) groups is 1. The summed E-state index contributed by atoms with van der Waals surface area (Å²) in [7, 11) is 4.08. The van der Waals surface area contributed by atoms with Crippen molar-refractivity contribution < 1.29 is 0 Å². The van der Waals surface area contributed by atoms with Gasteiger partial charge in [-0.2, -0.15) is 0 Å². The summed E-state index contributed by atoms with van der Waals surface area (Å²) in [5.41, 5.74) is 0. The summed E-state index contributed by atoms with van der Waals surface area (Å²) in [6.45, 7) is 12.9. The average molecular weight is 450 g/mol. The molecule has 2 unspecified atom stereocenters. The monoisotopic (exact) mass is 450 g/mol. The first-order valence-electron chi connectivity index (χ1n) is 9.33. The average Bonchev–Trinajstić information content (AvgIpc) is 3.03. The maximum Gasteiger partial charge on any atom is 0.193 e. The van der Waals surface area contributed by atoms with Gasteiger partial charge in [0.15, 0.2) is 5.96 Å². The van der Waals surface area contributed by atoms with Gasteiger partial charge < -0.3 is 10.2 Å². The largest absolute Gasteiger partial charge is 0.355 e. The van der Waals surface area contributed by atoms with Gasteiger partial charge in [0.05, 0.1) is 0 Å². The van der Waals surface area contributed by atoms with Crippen molar-refractivity contribution in [3.63, 3.8) is 0 Å². The Bertz CT molecular complexity index is 410.